The molecular weight excluding hydrogens is 599 g/mol. The molecule has 3 amide bonds. The molecule has 0 saturated heterocycles. The minimum absolute atomic E-state index is 0.0200. The predicted molar refractivity (Wildman–Crippen MR) is 162 cm³/mol. The number of benzene rings is 3. The molecule has 43 heavy (non-hydrogen) atoms. The fourth-order valence-corrected chi connectivity index (χ4v) is 5.82. The summed E-state index contributed by atoms with van der Waals surface area (Å²) in [5.41, 5.74) is 1.09. The molecule has 4 rings (SSSR count). The van der Waals surface area contributed by atoms with Crippen LogP contribution >= 0.6 is 11.6 Å². The van der Waals surface area contributed by atoms with E-state index in [4.69, 9.17) is 16.3 Å². The van der Waals surface area contributed by atoms with Gasteiger partial charge in [-0.2, -0.15) is 0 Å². The minimum Gasteiger partial charge on any atom is -0.488 e. The number of ether oxygens (including phenoxy) is 1. The number of urea groups is 1. The fourth-order valence-electron chi connectivity index (χ4n) is 4.64. The molecule has 1 heterocycles. The molecule has 230 valence electrons. The van der Waals surface area contributed by atoms with Gasteiger partial charge in [0.25, 0.3) is 10.0 Å². The highest BCUT2D eigenvalue weighted by atomic mass is 35.5. The van der Waals surface area contributed by atoms with Crippen molar-refractivity contribution in [1.29, 1.82) is 0 Å². The Bertz CT molecular complexity index is 1560. The number of nitrogens with zero attached hydrogens (tertiary/aromatic N) is 2. The molecule has 0 fully saturated rings. The van der Waals surface area contributed by atoms with Gasteiger partial charge < -0.3 is 25.0 Å². The van der Waals surface area contributed by atoms with Crippen LogP contribution in [0.25, 0.3) is 0 Å². The van der Waals surface area contributed by atoms with E-state index in [-0.39, 0.29) is 48.5 Å². The molecule has 0 unspecified atom stereocenters. The maximum absolute atomic E-state index is 13.4. The zero-order valence-electron chi connectivity index (χ0n) is 24.0. The van der Waals surface area contributed by atoms with Crippen LogP contribution in [-0.4, -0.2) is 74.2 Å². The number of carbonyl (C=O) groups is 2. The molecule has 3 atom stereocenters. The van der Waals surface area contributed by atoms with Gasteiger partial charge in [-0.15, -0.1) is 0 Å². The largest absolute Gasteiger partial charge is 0.488 e. The summed E-state index contributed by atoms with van der Waals surface area (Å²) in [5.74, 6) is -0.590. The van der Waals surface area contributed by atoms with Gasteiger partial charge in [-0.1, -0.05) is 18.5 Å². The summed E-state index contributed by atoms with van der Waals surface area (Å²) in [5, 5.41) is 13.0. The number of halogens is 2. The number of nitrogens with one attached hydrogen (secondary N) is 2. The standard InChI is InChI=1S/C30H34ClFN4O6S/c1-19-16-36(20(2)18-37)29(38)15-21-14-25(34-43(40,41)26-11-4-22(31)5-12-26)10-13-27(21)42-28(19)17-35(3)30(39)33-24-8-6-23(32)7-9-24/h4-14,19-20,28,34,37H,15-18H2,1-3H3,(H,33,39)/t19-,20-,28+/m1/s1. The number of carbonyl (C=O) groups excluding carboxylic acids is 2. The van der Waals surface area contributed by atoms with Gasteiger partial charge in [-0.25, -0.2) is 17.6 Å². The number of sulfonamides is 1. The number of hydrogen-bond acceptors (Lipinski definition) is 6. The van der Waals surface area contributed by atoms with Gasteiger partial charge in [0.15, 0.2) is 0 Å². The lowest BCUT2D eigenvalue weighted by molar-refractivity contribution is -0.134. The van der Waals surface area contributed by atoms with Crippen molar-refractivity contribution in [2.75, 3.05) is 36.8 Å². The molecule has 3 aromatic rings. The number of aliphatic hydroxyl groups is 1. The number of rotatable bonds is 8. The SMILES string of the molecule is C[C@@H]1CN([C@H](C)CO)C(=O)Cc2cc(NS(=O)(=O)c3ccc(Cl)cc3)ccc2O[C@H]1CN(C)C(=O)Nc1ccc(F)cc1. The normalized spacial score (nSPS) is 17.9. The van der Waals surface area contributed by atoms with E-state index in [0.29, 0.717) is 22.0 Å². The van der Waals surface area contributed by atoms with Gasteiger partial charge in [0, 0.05) is 41.5 Å². The molecule has 0 bridgehead atoms. The Morgan fingerprint density at radius 2 is 1.79 bits per heavy atom. The lowest BCUT2D eigenvalue weighted by atomic mass is 10.0. The molecule has 0 saturated carbocycles. The molecule has 1 aliphatic heterocycles. The topological polar surface area (TPSA) is 128 Å². The smallest absolute Gasteiger partial charge is 0.321 e. The Morgan fingerprint density at radius 1 is 1.14 bits per heavy atom. The summed E-state index contributed by atoms with van der Waals surface area (Å²) in [7, 11) is -2.35. The molecule has 3 N–H and O–H groups in total. The zero-order chi connectivity index (χ0) is 31.3. The van der Waals surface area contributed by atoms with Crippen LogP contribution in [0.15, 0.2) is 71.6 Å². The number of aliphatic hydroxyl groups excluding tert-OH is 1. The second-order valence-electron chi connectivity index (χ2n) is 10.6. The highest BCUT2D eigenvalue weighted by Crippen LogP contribution is 2.30. The Kier molecular flexibility index (Phi) is 10.2. The molecule has 3 aromatic carbocycles. The van der Waals surface area contributed by atoms with Gasteiger partial charge in [-0.3, -0.25) is 9.52 Å². The van der Waals surface area contributed by atoms with Crippen LogP contribution in [0.4, 0.5) is 20.6 Å². The summed E-state index contributed by atoms with van der Waals surface area (Å²) in [6.07, 6.45) is -0.685. The van der Waals surface area contributed by atoms with Gasteiger partial charge in [0.2, 0.25) is 5.91 Å². The first-order chi connectivity index (χ1) is 20.4. The second-order valence-corrected chi connectivity index (χ2v) is 12.7. The zero-order valence-corrected chi connectivity index (χ0v) is 25.5. The van der Waals surface area contributed by atoms with Crippen LogP contribution in [-0.2, 0) is 21.2 Å². The van der Waals surface area contributed by atoms with Crippen molar-refractivity contribution >= 4 is 44.9 Å². The summed E-state index contributed by atoms with van der Waals surface area (Å²) in [6.45, 7) is 3.76. The molecule has 13 heteroatoms. The Morgan fingerprint density at radius 3 is 2.44 bits per heavy atom. The summed E-state index contributed by atoms with van der Waals surface area (Å²) in [4.78, 5) is 29.4. The minimum atomic E-state index is -3.94. The van der Waals surface area contributed by atoms with Crippen LogP contribution in [0, 0.1) is 11.7 Å². The van der Waals surface area contributed by atoms with Crippen molar-refractivity contribution < 1.29 is 32.2 Å². The third kappa shape index (κ3) is 8.15. The molecule has 0 aliphatic carbocycles. The summed E-state index contributed by atoms with van der Waals surface area (Å²) in [6, 6.07) is 14.9. The number of amides is 3. The maximum Gasteiger partial charge on any atom is 0.321 e. The van der Waals surface area contributed by atoms with E-state index >= 15 is 0 Å². The van der Waals surface area contributed by atoms with E-state index in [0.717, 1.165) is 0 Å². The van der Waals surface area contributed by atoms with E-state index < -0.39 is 34.0 Å². The van der Waals surface area contributed by atoms with Gasteiger partial charge in [-0.05, 0) is 73.7 Å². The first kappa shape index (κ1) is 32.1. The molecule has 0 aromatic heterocycles. The first-order valence-corrected chi connectivity index (χ1v) is 15.5. The average Bonchev–Trinajstić information content (AvgIpc) is 3.01. The van der Waals surface area contributed by atoms with E-state index in [2.05, 4.69) is 10.0 Å². The lowest BCUT2D eigenvalue weighted by Crippen LogP contribution is -2.48. The van der Waals surface area contributed by atoms with Crippen molar-refractivity contribution in [1.82, 2.24) is 9.80 Å². The lowest BCUT2D eigenvalue weighted by Gasteiger charge is -2.34. The number of likely N-dealkylation sites (N-methyl/N-ethyl adjacent to an activating group) is 1. The molecule has 1 aliphatic rings. The van der Waals surface area contributed by atoms with Crippen molar-refractivity contribution in [3.63, 3.8) is 0 Å². The van der Waals surface area contributed by atoms with E-state index in [1.54, 1.807) is 31.0 Å². The third-order valence-corrected chi connectivity index (χ3v) is 8.84. The van der Waals surface area contributed by atoms with Crippen LogP contribution in [0.1, 0.15) is 19.4 Å². The van der Waals surface area contributed by atoms with Crippen molar-refractivity contribution in [2.24, 2.45) is 5.92 Å². The van der Waals surface area contributed by atoms with Gasteiger partial charge >= 0.3 is 6.03 Å². The van der Waals surface area contributed by atoms with E-state index in [1.807, 2.05) is 6.92 Å². The van der Waals surface area contributed by atoms with Crippen LogP contribution in [0.3, 0.4) is 0 Å². The first-order valence-electron chi connectivity index (χ1n) is 13.6. The van der Waals surface area contributed by atoms with Gasteiger partial charge in [0.1, 0.15) is 17.7 Å². The quantitative estimate of drug-likeness (QED) is 0.333. The second kappa shape index (κ2) is 13.6. The molecule has 10 nitrogen and oxygen atoms in total. The Labute approximate surface area is 255 Å². The number of fused-ring (bicyclic) bond motifs is 1. The van der Waals surface area contributed by atoms with E-state index in [9.17, 15) is 27.5 Å². The highest BCUT2D eigenvalue weighted by Gasteiger charge is 2.32. The number of anilines is 2. The summed E-state index contributed by atoms with van der Waals surface area (Å²) < 4.78 is 48.2. The van der Waals surface area contributed by atoms with Crippen molar-refractivity contribution in [3.8, 4) is 5.75 Å². The third-order valence-electron chi connectivity index (χ3n) is 7.19. The molecule has 0 radical (unpaired) electrons. The Hall–Kier alpha value is -3.87. The number of hydrogen-bond donors (Lipinski definition) is 3. The van der Waals surface area contributed by atoms with Crippen molar-refractivity contribution in [3.05, 3.63) is 83.1 Å². The van der Waals surface area contributed by atoms with Gasteiger partial charge in [0.05, 0.1) is 30.5 Å². The average molecular weight is 633 g/mol. The maximum atomic E-state index is 13.4. The van der Waals surface area contributed by atoms with Crippen LogP contribution in [0.2, 0.25) is 5.02 Å². The highest BCUT2D eigenvalue weighted by molar-refractivity contribution is 7.92. The summed E-state index contributed by atoms with van der Waals surface area (Å²) >= 11 is 5.90. The molecule has 0 spiro atoms. The van der Waals surface area contributed by atoms with Crippen LogP contribution in [0.5, 0.6) is 5.75 Å². The van der Waals surface area contributed by atoms with Crippen LogP contribution < -0.4 is 14.8 Å². The molecular formula is C30H34ClFN4O6S. The van der Waals surface area contributed by atoms with Crippen molar-refractivity contribution in [2.45, 2.75) is 37.3 Å². The Balaban J connectivity index is 1.61. The van der Waals surface area contributed by atoms with E-state index in [1.165, 1.54) is 59.5 Å². The monoisotopic (exact) mass is 632 g/mol. The predicted octanol–water partition coefficient (Wildman–Crippen LogP) is 4.59. The fraction of sp³-hybridized carbons (Fsp3) is 0.333.